The number of hydrogen-bond donors (Lipinski definition) is 2. The number of nitrogens with zero attached hydrogens (tertiary/aromatic N) is 9. The fourth-order valence-corrected chi connectivity index (χ4v) is 6.10. The van der Waals surface area contributed by atoms with E-state index in [0.29, 0.717) is 65.6 Å². The number of alkyl halides is 2. The number of nitrogens with one attached hydrogen (secondary N) is 2. The van der Waals surface area contributed by atoms with Gasteiger partial charge in [-0.1, -0.05) is 6.58 Å². The third-order valence-corrected chi connectivity index (χ3v) is 8.52. The molecule has 236 valence electrons. The van der Waals surface area contributed by atoms with E-state index in [4.69, 9.17) is 9.72 Å². The molecule has 0 atom stereocenters. The maximum Gasteiger partial charge on any atom is 0.333 e. The van der Waals surface area contributed by atoms with Crippen molar-refractivity contribution in [2.75, 3.05) is 69.2 Å². The van der Waals surface area contributed by atoms with Crippen LogP contribution in [0.3, 0.4) is 0 Å². The topological polar surface area (TPSA) is 139 Å². The molecule has 0 bridgehead atoms. The Hall–Kier alpha value is -4.18. The van der Waals surface area contributed by atoms with Crippen molar-refractivity contribution in [3.05, 3.63) is 31.4 Å². The number of piperidine rings is 2. The molecular weight excluding hydrogens is 576 g/mol. The monoisotopic (exact) mass is 613 g/mol. The minimum Gasteiger partial charge on any atom is -0.378 e. The molecule has 3 aliphatic heterocycles. The molecule has 2 amide bonds. The molecule has 0 aliphatic carbocycles. The molecule has 3 aliphatic rings. The molecule has 0 saturated carbocycles. The lowest BCUT2D eigenvalue weighted by molar-refractivity contribution is -0.127. The Bertz CT molecular complexity index is 1470. The van der Waals surface area contributed by atoms with Gasteiger partial charge in [-0.25, -0.2) is 9.67 Å². The number of carbonyl (C=O) groups is 2. The van der Waals surface area contributed by atoms with Gasteiger partial charge in [-0.2, -0.15) is 23.8 Å². The normalized spacial score (nSPS) is 19.1. The zero-order chi connectivity index (χ0) is 30.6. The van der Waals surface area contributed by atoms with E-state index in [9.17, 15) is 18.4 Å². The second-order valence-corrected chi connectivity index (χ2v) is 11.2. The van der Waals surface area contributed by atoms with Gasteiger partial charge < -0.3 is 30.1 Å². The predicted octanol–water partition coefficient (Wildman–Crippen LogP) is 1.41. The second kappa shape index (κ2) is 13.2. The maximum absolute atomic E-state index is 13.2. The van der Waals surface area contributed by atoms with Crippen LogP contribution in [-0.2, 0) is 14.3 Å². The molecule has 0 unspecified atom stereocenters. The first-order valence-corrected chi connectivity index (χ1v) is 15.0. The summed E-state index contributed by atoms with van der Waals surface area (Å²) in [7, 11) is 0. The van der Waals surface area contributed by atoms with Gasteiger partial charge in [-0.15, -0.1) is 0 Å². The number of anilines is 2. The number of amides is 2. The highest BCUT2D eigenvalue weighted by molar-refractivity contribution is 5.88. The molecule has 3 saturated heterocycles. The van der Waals surface area contributed by atoms with Gasteiger partial charge >= 0.3 is 6.55 Å². The maximum atomic E-state index is 13.2. The van der Waals surface area contributed by atoms with Crippen molar-refractivity contribution < 1.29 is 23.1 Å². The average Bonchev–Trinajstić information content (AvgIpc) is 3.72. The zero-order valence-corrected chi connectivity index (χ0v) is 24.4. The number of morpholine rings is 1. The summed E-state index contributed by atoms with van der Waals surface area (Å²) in [6.07, 6.45) is 9.01. The standard InChI is InChI=1S/C28H37F2N11O3/c1-2-23(43)38-9-5-20(6-10-38)37-7-3-19(4-8-37)34-22(42)16-31-25-24-26(36-28(35-25)39-11-13-44-14-12-39)40(18-32-24)21-15-33-41(17-21)27(29)30/h2,15,17-20,27H,1,3-14,16H2,(H,34,42)(H,31,35,36). The van der Waals surface area contributed by atoms with Crippen molar-refractivity contribution in [3.63, 3.8) is 0 Å². The second-order valence-electron chi connectivity index (χ2n) is 11.2. The van der Waals surface area contributed by atoms with Crippen LogP contribution in [0, 0.1) is 0 Å². The van der Waals surface area contributed by atoms with Gasteiger partial charge in [0.25, 0.3) is 0 Å². The van der Waals surface area contributed by atoms with E-state index in [-0.39, 0.29) is 24.4 Å². The van der Waals surface area contributed by atoms with Crippen LogP contribution in [0.1, 0.15) is 32.2 Å². The molecule has 44 heavy (non-hydrogen) atoms. The summed E-state index contributed by atoms with van der Waals surface area (Å²) in [5, 5.41) is 10.0. The Kier molecular flexibility index (Phi) is 8.97. The smallest absolute Gasteiger partial charge is 0.333 e. The summed E-state index contributed by atoms with van der Waals surface area (Å²) in [6.45, 7) is 6.32. The molecule has 3 aromatic heterocycles. The van der Waals surface area contributed by atoms with Crippen molar-refractivity contribution in [2.24, 2.45) is 0 Å². The lowest BCUT2D eigenvalue weighted by Gasteiger charge is -2.41. The first-order valence-electron chi connectivity index (χ1n) is 15.0. The predicted molar refractivity (Wildman–Crippen MR) is 158 cm³/mol. The Morgan fingerprint density at radius 1 is 1.07 bits per heavy atom. The number of halogens is 2. The van der Waals surface area contributed by atoms with E-state index in [1.165, 1.54) is 24.8 Å². The van der Waals surface area contributed by atoms with E-state index in [2.05, 4.69) is 37.2 Å². The lowest BCUT2D eigenvalue weighted by atomic mass is 9.97. The number of ether oxygens (including phenoxy) is 1. The molecular formula is C28H37F2N11O3. The van der Waals surface area contributed by atoms with Crippen LogP contribution in [0.4, 0.5) is 20.5 Å². The summed E-state index contributed by atoms with van der Waals surface area (Å²) in [5.41, 5.74) is 1.20. The molecule has 3 fully saturated rings. The first-order chi connectivity index (χ1) is 21.4. The van der Waals surface area contributed by atoms with Crippen molar-refractivity contribution in [1.82, 2.24) is 44.4 Å². The number of likely N-dealkylation sites (tertiary alicyclic amines) is 2. The fraction of sp³-hybridized carbons (Fsp3) is 0.571. The van der Waals surface area contributed by atoms with Crippen molar-refractivity contribution in [1.29, 1.82) is 0 Å². The third kappa shape index (κ3) is 6.50. The van der Waals surface area contributed by atoms with E-state index < -0.39 is 6.55 Å². The molecule has 14 nitrogen and oxygen atoms in total. The van der Waals surface area contributed by atoms with Crippen molar-refractivity contribution in [2.45, 2.75) is 44.3 Å². The van der Waals surface area contributed by atoms with E-state index >= 15 is 0 Å². The molecule has 6 heterocycles. The van der Waals surface area contributed by atoms with Crippen LogP contribution >= 0.6 is 0 Å². The fourth-order valence-electron chi connectivity index (χ4n) is 6.10. The highest BCUT2D eigenvalue weighted by Crippen LogP contribution is 2.26. The summed E-state index contributed by atoms with van der Waals surface area (Å²) in [6, 6.07) is 0.524. The van der Waals surface area contributed by atoms with Crippen LogP contribution in [0.5, 0.6) is 0 Å². The van der Waals surface area contributed by atoms with Gasteiger partial charge in [0.15, 0.2) is 17.0 Å². The largest absolute Gasteiger partial charge is 0.378 e. The molecule has 0 spiro atoms. The third-order valence-electron chi connectivity index (χ3n) is 8.52. The number of hydrogen-bond acceptors (Lipinski definition) is 10. The minimum absolute atomic E-state index is 0.00582. The van der Waals surface area contributed by atoms with Gasteiger partial charge in [0.1, 0.15) is 6.33 Å². The molecule has 2 N–H and O–H groups in total. The average molecular weight is 614 g/mol. The summed E-state index contributed by atoms with van der Waals surface area (Å²) in [4.78, 5) is 45.0. The molecule has 0 aromatic carbocycles. The number of fused-ring (bicyclic) bond motifs is 1. The Morgan fingerprint density at radius 2 is 1.82 bits per heavy atom. The van der Waals surface area contributed by atoms with E-state index in [1.54, 1.807) is 4.57 Å². The number of imidazole rings is 1. The molecule has 6 rings (SSSR count). The van der Waals surface area contributed by atoms with Crippen LogP contribution < -0.4 is 15.5 Å². The van der Waals surface area contributed by atoms with Gasteiger partial charge in [-0.05, 0) is 31.8 Å². The molecule has 0 radical (unpaired) electrons. The van der Waals surface area contributed by atoms with Crippen molar-refractivity contribution in [3.8, 4) is 5.69 Å². The Labute approximate surface area is 253 Å². The number of aromatic nitrogens is 6. The van der Waals surface area contributed by atoms with Crippen LogP contribution in [0.15, 0.2) is 31.4 Å². The summed E-state index contributed by atoms with van der Waals surface area (Å²) in [5.74, 6) is 0.646. The SMILES string of the molecule is C=CC(=O)N1CCC(N2CCC(NC(=O)CNc3nc(N4CCOCC4)nc4c3ncn4-c3cnn(C(F)F)c3)CC2)CC1. The van der Waals surface area contributed by atoms with Gasteiger partial charge in [0.2, 0.25) is 17.8 Å². The number of carbonyl (C=O) groups excluding carboxylic acids is 2. The number of rotatable bonds is 9. The van der Waals surface area contributed by atoms with E-state index in [1.807, 2.05) is 9.80 Å². The van der Waals surface area contributed by atoms with Gasteiger partial charge in [-0.3, -0.25) is 14.2 Å². The summed E-state index contributed by atoms with van der Waals surface area (Å²) < 4.78 is 33.9. The van der Waals surface area contributed by atoms with Crippen LogP contribution in [0.2, 0.25) is 0 Å². The lowest BCUT2D eigenvalue weighted by Crippen LogP contribution is -2.52. The summed E-state index contributed by atoms with van der Waals surface area (Å²) >= 11 is 0. The highest BCUT2D eigenvalue weighted by atomic mass is 19.3. The minimum atomic E-state index is -2.77. The van der Waals surface area contributed by atoms with Gasteiger partial charge in [0.05, 0.1) is 37.8 Å². The van der Waals surface area contributed by atoms with Crippen molar-refractivity contribution >= 4 is 34.7 Å². The Balaban J connectivity index is 1.08. The van der Waals surface area contributed by atoms with E-state index in [0.717, 1.165) is 51.9 Å². The Morgan fingerprint density at radius 3 is 2.50 bits per heavy atom. The highest BCUT2D eigenvalue weighted by Gasteiger charge is 2.30. The molecule has 16 heteroatoms. The van der Waals surface area contributed by atoms with Gasteiger partial charge in [0, 0.05) is 51.4 Å². The van der Waals surface area contributed by atoms with Crippen LogP contribution in [-0.4, -0.2) is 122 Å². The van der Waals surface area contributed by atoms with Crippen LogP contribution in [0.25, 0.3) is 16.9 Å². The quantitative estimate of drug-likeness (QED) is 0.341. The first kappa shape index (κ1) is 29.9. The molecule has 3 aromatic rings. The zero-order valence-electron chi connectivity index (χ0n) is 24.4.